The van der Waals surface area contributed by atoms with Crippen LogP contribution in [0, 0.1) is 11.3 Å². The predicted molar refractivity (Wildman–Crippen MR) is 91.5 cm³/mol. The van der Waals surface area contributed by atoms with E-state index in [9.17, 15) is 9.90 Å². The fourth-order valence-electron chi connectivity index (χ4n) is 3.64. The maximum atomic E-state index is 12.9. The zero-order chi connectivity index (χ0) is 17.8. The lowest BCUT2D eigenvalue weighted by Gasteiger charge is -2.29. The fraction of sp³-hybridized carbons (Fsp3) is 0.556. The lowest BCUT2D eigenvalue weighted by Crippen LogP contribution is -2.46. The molecule has 2 aromatic rings. The van der Waals surface area contributed by atoms with Gasteiger partial charge in [0, 0.05) is 23.9 Å². The van der Waals surface area contributed by atoms with E-state index in [4.69, 9.17) is 0 Å². The molecule has 2 aliphatic carbocycles. The summed E-state index contributed by atoms with van der Waals surface area (Å²) < 4.78 is 1.78. The number of hydrogen-bond acceptors (Lipinski definition) is 5. The van der Waals surface area contributed by atoms with E-state index in [2.05, 4.69) is 20.4 Å². The van der Waals surface area contributed by atoms with Gasteiger partial charge in [-0.25, -0.2) is 9.67 Å². The molecule has 2 aromatic heterocycles. The third kappa shape index (κ3) is 2.72. The summed E-state index contributed by atoms with van der Waals surface area (Å²) in [5.41, 5.74) is 2.35. The van der Waals surface area contributed by atoms with Gasteiger partial charge in [0.2, 0.25) is 0 Å². The molecule has 2 N–H and O–H groups in total. The molecule has 1 saturated carbocycles. The highest BCUT2D eigenvalue weighted by Crippen LogP contribution is 2.57. The Labute approximate surface area is 146 Å². The van der Waals surface area contributed by atoms with Crippen molar-refractivity contribution >= 4 is 5.91 Å². The van der Waals surface area contributed by atoms with Crippen LogP contribution in [0.15, 0.2) is 18.6 Å². The van der Waals surface area contributed by atoms with Crippen molar-refractivity contribution in [2.24, 2.45) is 11.3 Å². The highest BCUT2D eigenvalue weighted by atomic mass is 16.3. The Bertz CT molecular complexity index is 809. The van der Waals surface area contributed by atoms with E-state index >= 15 is 0 Å². The third-order valence-electron chi connectivity index (χ3n) is 5.28. The number of aliphatic hydroxyl groups is 1. The molecule has 0 spiro atoms. The van der Waals surface area contributed by atoms with Crippen LogP contribution in [0.3, 0.4) is 0 Å². The summed E-state index contributed by atoms with van der Waals surface area (Å²) in [5, 5.41) is 17.1. The average molecular weight is 341 g/mol. The van der Waals surface area contributed by atoms with Crippen LogP contribution in [0.2, 0.25) is 0 Å². The van der Waals surface area contributed by atoms with Crippen LogP contribution in [-0.4, -0.2) is 43.4 Å². The number of fused-ring (bicyclic) bond motifs is 3. The van der Waals surface area contributed by atoms with Crippen molar-refractivity contribution in [2.45, 2.75) is 45.6 Å². The summed E-state index contributed by atoms with van der Waals surface area (Å²) in [6.45, 7) is 5.87. The maximum absolute atomic E-state index is 12.9. The summed E-state index contributed by atoms with van der Waals surface area (Å²) >= 11 is 0. The quantitative estimate of drug-likeness (QED) is 0.878. The highest BCUT2D eigenvalue weighted by Gasteiger charge is 2.50. The monoisotopic (exact) mass is 341 g/mol. The first-order valence-electron chi connectivity index (χ1n) is 8.70. The number of amides is 1. The molecule has 1 fully saturated rings. The van der Waals surface area contributed by atoms with E-state index in [-0.39, 0.29) is 24.0 Å². The smallest absolute Gasteiger partial charge is 0.272 e. The zero-order valence-electron chi connectivity index (χ0n) is 14.7. The van der Waals surface area contributed by atoms with E-state index in [1.807, 2.05) is 20.8 Å². The van der Waals surface area contributed by atoms with Gasteiger partial charge in [-0.1, -0.05) is 20.8 Å². The van der Waals surface area contributed by atoms with Crippen molar-refractivity contribution < 1.29 is 9.90 Å². The van der Waals surface area contributed by atoms with Crippen molar-refractivity contribution in [3.63, 3.8) is 0 Å². The molecule has 1 amide bonds. The minimum Gasteiger partial charge on any atom is -0.394 e. The zero-order valence-corrected chi connectivity index (χ0v) is 14.7. The molecule has 7 heteroatoms. The van der Waals surface area contributed by atoms with Crippen LogP contribution < -0.4 is 5.32 Å². The Morgan fingerprint density at radius 1 is 1.44 bits per heavy atom. The Morgan fingerprint density at radius 3 is 2.88 bits per heavy atom. The fourth-order valence-corrected chi connectivity index (χ4v) is 3.64. The lowest BCUT2D eigenvalue weighted by molar-refractivity contribution is 0.0841. The number of nitrogens with zero attached hydrogens (tertiary/aromatic N) is 4. The molecule has 0 aliphatic heterocycles. The Balaban J connectivity index is 1.70. The topological polar surface area (TPSA) is 92.9 Å². The lowest BCUT2D eigenvalue weighted by atomic mass is 9.87. The van der Waals surface area contributed by atoms with Gasteiger partial charge in [0.05, 0.1) is 24.5 Å². The third-order valence-corrected chi connectivity index (χ3v) is 5.28. The van der Waals surface area contributed by atoms with Gasteiger partial charge >= 0.3 is 0 Å². The maximum Gasteiger partial charge on any atom is 0.272 e. The number of aliphatic hydroxyl groups excluding tert-OH is 1. The van der Waals surface area contributed by atoms with Gasteiger partial charge in [0.1, 0.15) is 0 Å². The van der Waals surface area contributed by atoms with Crippen LogP contribution >= 0.6 is 0 Å². The number of nitrogens with one attached hydrogen (secondary N) is 1. The van der Waals surface area contributed by atoms with E-state index in [1.54, 1.807) is 23.3 Å². The molecule has 0 saturated heterocycles. The number of carbonyl (C=O) groups excluding carboxylic acids is 1. The normalized spacial score (nSPS) is 22.2. The van der Waals surface area contributed by atoms with Gasteiger partial charge < -0.3 is 10.4 Å². The van der Waals surface area contributed by atoms with Gasteiger partial charge in [-0.15, -0.1) is 0 Å². The molecule has 2 aliphatic rings. The van der Waals surface area contributed by atoms with Crippen molar-refractivity contribution in [1.82, 2.24) is 25.1 Å². The second kappa shape index (κ2) is 5.62. The second-order valence-corrected chi connectivity index (χ2v) is 8.07. The van der Waals surface area contributed by atoms with Crippen LogP contribution in [0.5, 0.6) is 0 Å². The SMILES string of the molecule is CC(C)(C)C(CO)NC(=O)c1nn(-c2cnccn2)c2c1CC1CC21. The largest absolute Gasteiger partial charge is 0.394 e. The van der Waals surface area contributed by atoms with Gasteiger partial charge in [0.25, 0.3) is 5.91 Å². The number of rotatable bonds is 4. The van der Waals surface area contributed by atoms with Crippen molar-refractivity contribution in [2.75, 3.05) is 6.61 Å². The molecule has 7 nitrogen and oxygen atoms in total. The molecule has 132 valence electrons. The Kier molecular flexibility index (Phi) is 3.64. The molecule has 25 heavy (non-hydrogen) atoms. The van der Waals surface area contributed by atoms with Crippen LogP contribution in [0.4, 0.5) is 0 Å². The number of aromatic nitrogens is 4. The molecule has 2 heterocycles. The van der Waals surface area contributed by atoms with Crippen LogP contribution in [-0.2, 0) is 6.42 Å². The summed E-state index contributed by atoms with van der Waals surface area (Å²) in [4.78, 5) is 21.3. The van der Waals surface area contributed by atoms with Crippen LogP contribution in [0.1, 0.15) is 54.9 Å². The van der Waals surface area contributed by atoms with Crippen molar-refractivity contribution in [3.05, 3.63) is 35.5 Å². The van der Waals surface area contributed by atoms with E-state index in [1.165, 1.54) is 0 Å². The van der Waals surface area contributed by atoms with Gasteiger partial charge in [-0.3, -0.25) is 9.78 Å². The van der Waals surface area contributed by atoms with Gasteiger partial charge in [-0.05, 0) is 24.2 Å². The molecular weight excluding hydrogens is 318 g/mol. The summed E-state index contributed by atoms with van der Waals surface area (Å²) in [6.07, 6.45) is 6.96. The minimum absolute atomic E-state index is 0.104. The van der Waals surface area contributed by atoms with Gasteiger partial charge in [-0.2, -0.15) is 5.10 Å². The molecule has 0 aromatic carbocycles. The second-order valence-electron chi connectivity index (χ2n) is 8.07. The molecule has 4 rings (SSSR count). The minimum atomic E-state index is -0.326. The molecule has 3 atom stereocenters. The highest BCUT2D eigenvalue weighted by molar-refractivity contribution is 5.94. The van der Waals surface area contributed by atoms with Crippen LogP contribution in [0.25, 0.3) is 5.82 Å². The first kappa shape index (κ1) is 16.2. The summed E-state index contributed by atoms with van der Waals surface area (Å²) in [5.74, 6) is 1.51. The number of carbonyl (C=O) groups is 1. The first-order valence-corrected chi connectivity index (χ1v) is 8.70. The summed E-state index contributed by atoms with van der Waals surface area (Å²) in [7, 11) is 0. The van der Waals surface area contributed by atoms with Crippen molar-refractivity contribution in [1.29, 1.82) is 0 Å². The average Bonchev–Trinajstić information content (AvgIpc) is 3.08. The molecule has 3 unspecified atom stereocenters. The predicted octanol–water partition coefficient (Wildman–Crippen LogP) is 1.46. The molecule has 0 bridgehead atoms. The summed E-state index contributed by atoms with van der Waals surface area (Å²) in [6, 6.07) is -0.326. The van der Waals surface area contributed by atoms with E-state index in [0.717, 1.165) is 24.1 Å². The van der Waals surface area contributed by atoms with Crippen molar-refractivity contribution in [3.8, 4) is 5.82 Å². The Morgan fingerprint density at radius 2 is 2.24 bits per heavy atom. The Hall–Kier alpha value is -2.28. The molecular formula is C18H23N5O2. The first-order chi connectivity index (χ1) is 11.9. The standard InChI is InChI=1S/C18H23N5O2/c1-18(2,3)13(9-24)21-17(25)15-12-7-10-6-11(10)16(12)23(22-15)14-8-19-4-5-20-14/h4-5,8,10-11,13,24H,6-7,9H2,1-3H3,(H,21,25). The van der Waals surface area contributed by atoms with Gasteiger partial charge in [0.15, 0.2) is 11.5 Å². The number of hydrogen-bond donors (Lipinski definition) is 2. The van der Waals surface area contributed by atoms with E-state index < -0.39 is 0 Å². The van der Waals surface area contributed by atoms with E-state index in [0.29, 0.717) is 23.3 Å². The molecule has 0 radical (unpaired) electrons.